The van der Waals surface area contributed by atoms with Crippen LogP contribution < -0.4 is 4.74 Å². The molecular formula is C9H9N3O4. The van der Waals surface area contributed by atoms with Crippen LogP contribution in [0.4, 0.5) is 0 Å². The summed E-state index contributed by atoms with van der Waals surface area (Å²) < 4.78 is 6.39. The summed E-state index contributed by atoms with van der Waals surface area (Å²) in [5.74, 6) is -0.806. The number of aliphatic hydroxyl groups is 1. The van der Waals surface area contributed by atoms with E-state index in [2.05, 4.69) is 10.1 Å². The fraction of sp³-hybridized carbons (Fsp3) is 0.222. The highest BCUT2D eigenvalue weighted by Crippen LogP contribution is 2.09. The van der Waals surface area contributed by atoms with Gasteiger partial charge < -0.3 is 14.9 Å². The van der Waals surface area contributed by atoms with Gasteiger partial charge in [-0.1, -0.05) is 0 Å². The number of hydrogen-bond acceptors (Lipinski definition) is 5. The molecule has 0 amide bonds. The van der Waals surface area contributed by atoms with E-state index in [-0.39, 0.29) is 18.9 Å². The third kappa shape index (κ3) is 1.94. The third-order valence-corrected chi connectivity index (χ3v) is 1.86. The SMILES string of the molecule is O=C(O)c1cn2nc(OCCO)ccc2n1. The first-order valence-electron chi connectivity index (χ1n) is 4.54. The van der Waals surface area contributed by atoms with Crippen molar-refractivity contribution in [2.45, 2.75) is 0 Å². The summed E-state index contributed by atoms with van der Waals surface area (Å²) in [4.78, 5) is 14.5. The Morgan fingerprint density at radius 1 is 1.50 bits per heavy atom. The molecule has 0 aliphatic heterocycles. The molecule has 0 spiro atoms. The Balaban J connectivity index is 2.34. The lowest BCUT2D eigenvalue weighted by Crippen LogP contribution is -2.04. The molecule has 2 aromatic rings. The van der Waals surface area contributed by atoms with Crippen LogP contribution >= 0.6 is 0 Å². The molecule has 2 rings (SSSR count). The molecule has 0 aliphatic rings. The molecule has 0 unspecified atom stereocenters. The van der Waals surface area contributed by atoms with Crippen LogP contribution in [0.3, 0.4) is 0 Å². The molecule has 7 heteroatoms. The number of fused-ring (bicyclic) bond motifs is 1. The van der Waals surface area contributed by atoms with Gasteiger partial charge in [-0.25, -0.2) is 14.3 Å². The Labute approximate surface area is 89.9 Å². The zero-order chi connectivity index (χ0) is 11.5. The number of hydrogen-bond donors (Lipinski definition) is 2. The standard InChI is InChI=1S/C9H9N3O4/c13-3-4-16-8-2-1-7-10-6(9(14)15)5-12(7)11-8/h1-2,5,13H,3-4H2,(H,14,15). The zero-order valence-electron chi connectivity index (χ0n) is 8.20. The smallest absolute Gasteiger partial charge is 0.356 e. The monoisotopic (exact) mass is 223 g/mol. The average Bonchev–Trinajstić information content (AvgIpc) is 2.69. The van der Waals surface area contributed by atoms with Crippen molar-refractivity contribution >= 4 is 11.6 Å². The predicted molar refractivity (Wildman–Crippen MR) is 52.5 cm³/mol. The Kier molecular flexibility index (Phi) is 2.69. The molecule has 0 radical (unpaired) electrons. The summed E-state index contributed by atoms with van der Waals surface area (Å²) in [6.45, 7) is 0.0308. The highest BCUT2D eigenvalue weighted by atomic mass is 16.5. The lowest BCUT2D eigenvalue weighted by atomic mass is 10.5. The number of imidazole rings is 1. The van der Waals surface area contributed by atoms with Gasteiger partial charge in [0.05, 0.1) is 12.8 Å². The van der Waals surface area contributed by atoms with Gasteiger partial charge in [0, 0.05) is 6.07 Å². The summed E-state index contributed by atoms with van der Waals surface area (Å²) in [5.41, 5.74) is 0.348. The van der Waals surface area contributed by atoms with Crippen LogP contribution in [-0.4, -0.2) is 44.0 Å². The van der Waals surface area contributed by atoms with E-state index in [9.17, 15) is 4.79 Å². The maximum atomic E-state index is 10.7. The number of aliphatic hydroxyl groups excluding tert-OH is 1. The summed E-state index contributed by atoms with van der Waals surface area (Å²) >= 11 is 0. The van der Waals surface area contributed by atoms with Crippen molar-refractivity contribution in [1.82, 2.24) is 14.6 Å². The minimum atomic E-state index is -1.11. The summed E-state index contributed by atoms with van der Waals surface area (Å²) in [6.07, 6.45) is 1.30. The van der Waals surface area contributed by atoms with E-state index in [1.807, 2.05) is 0 Å². The van der Waals surface area contributed by atoms with Crippen molar-refractivity contribution < 1.29 is 19.7 Å². The van der Waals surface area contributed by atoms with Crippen LogP contribution in [0.2, 0.25) is 0 Å². The first-order chi connectivity index (χ1) is 7.70. The van der Waals surface area contributed by atoms with Crippen molar-refractivity contribution in [3.8, 4) is 5.88 Å². The molecule has 0 aliphatic carbocycles. The summed E-state index contributed by atoms with van der Waals surface area (Å²) in [6, 6.07) is 3.15. The number of aromatic nitrogens is 3. The lowest BCUT2D eigenvalue weighted by Gasteiger charge is -2.01. The quantitative estimate of drug-likeness (QED) is 0.744. The van der Waals surface area contributed by atoms with Gasteiger partial charge in [0.15, 0.2) is 11.3 Å². The fourth-order valence-corrected chi connectivity index (χ4v) is 1.19. The van der Waals surface area contributed by atoms with E-state index in [4.69, 9.17) is 14.9 Å². The van der Waals surface area contributed by atoms with Gasteiger partial charge in [-0.05, 0) is 6.07 Å². The molecule has 2 aromatic heterocycles. The van der Waals surface area contributed by atoms with Gasteiger partial charge in [0.25, 0.3) is 0 Å². The first kappa shape index (κ1) is 10.4. The number of nitrogens with zero attached hydrogens (tertiary/aromatic N) is 3. The second kappa shape index (κ2) is 4.15. The minimum absolute atomic E-state index is 0.0770. The summed E-state index contributed by atoms with van der Waals surface area (Å²) in [7, 11) is 0. The van der Waals surface area contributed by atoms with Crippen molar-refractivity contribution in [2.24, 2.45) is 0 Å². The number of carbonyl (C=O) groups is 1. The van der Waals surface area contributed by atoms with Gasteiger partial charge in [0.2, 0.25) is 5.88 Å². The fourth-order valence-electron chi connectivity index (χ4n) is 1.19. The zero-order valence-corrected chi connectivity index (χ0v) is 8.20. The average molecular weight is 223 g/mol. The molecule has 2 N–H and O–H groups in total. The van der Waals surface area contributed by atoms with E-state index in [0.29, 0.717) is 11.5 Å². The predicted octanol–water partition coefficient (Wildman–Crippen LogP) is -0.201. The van der Waals surface area contributed by atoms with Crippen LogP contribution in [0.25, 0.3) is 5.65 Å². The van der Waals surface area contributed by atoms with Gasteiger partial charge in [-0.15, -0.1) is 5.10 Å². The van der Waals surface area contributed by atoms with E-state index in [1.54, 1.807) is 12.1 Å². The molecule has 0 aromatic carbocycles. The lowest BCUT2D eigenvalue weighted by molar-refractivity contribution is 0.0691. The molecule has 16 heavy (non-hydrogen) atoms. The highest BCUT2D eigenvalue weighted by Gasteiger charge is 2.09. The van der Waals surface area contributed by atoms with Crippen molar-refractivity contribution in [3.63, 3.8) is 0 Å². The van der Waals surface area contributed by atoms with Gasteiger partial charge in [-0.3, -0.25) is 0 Å². The maximum Gasteiger partial charge on any atom is 0.356 e. The van der Waals surface area contributed by atoms with Crippen LogP contribution in [0.15, 0.2) is 18.3 Å². The maximum absolute atomic E-state index is 10.7. The second-order valence-corrected chi connectivity index (χ2v) is 2.98. The number of rotatable bonds is 4. The number of carboxylic acids is 1. The molecule has 0 bridgehead atoms. The Morgan fingerprint density at radius 2 is 2.31 bits per heavy atom. The van der Waals surface area contributed by atoms with E-state index < -0.39 is 5.97 Å². The summed E-state index contributed by atoms with van der Waals surface area (Å²) in [5, 5.41) is 21.3. The molecule has 0 saturated carbocycles. The Morgan fingerprint density at radius 3 is 3.00 bits per heavy atom. The number of ether oxygens (including phenoxy) is 1. The topological polar surface area (TPSA) is 97.0 Å². The molecule has 0 saturated heterocycles. The van der Waals surface area contributed by atoms with Gasteiger partial charge in [-0.2, -0.15) is 0 Å². The van der Waals surface area contributed by atoms with Crippen LogP contribution in [-0.2, 0) is 0 Å². The molecule has 7 nitrogen and oxygen atoms in total. The third-order valence-electron chi connectivity index (χ3n) is 1.86. The van der Waals surface area contributed by atoms with Crippen molar-refractivity contribution in [2.75, 3.05) is 13.2 Å². The minimum Gasteiger partial charge on any atom is -0.476 e. The van der Waals surface area contributed by atoms with Crippen LogP contribution in [0, 0.1) is 0 Å². The number of carboxylic acid groups (broad SMARTS) is 1. The normalized spacial score (nSPS) is 10.6. The van der Waals surface area contributed by atoms with Gasteiger partial charge in [0.1, 0.15) is 6.61 Å². The Hall–Kier alpha value is -2.15. The van der Waals surface area contributed by atoms with Crippen molar-refractivity contribution in [3.05, 3.63) is 24.0 Å². The second-order valence-electron chi connectivity index (χ2n) is 2.98. The highest BCUT2D eigenvalue weighted by molar-refractivity contribution is 5.85. The van der Waals surface area contributed by atoms with E-state index in [0.717, 1.165) is 0 Å². The molecule has 2 heterocycles. The van der Waals surface area contributed by atoms with E-state index >= 15 is 0 Å². The largest absolute Gasteiger partial charge is 0.476 e. The van der Waals surface area contributed by atoms with Crippen molar-refractivity contribution in [1.29, 1.82) is 0 Å². The van der Waals surface area contributed by atoms with E-state index in [1.165, 1.54) is 10.7 Å². The van der Waals surface area contributed by atoms with Gasteiger partial charge >= 0.3 is 5.97 Å². The molecule has 84 valence electrons. The van der Waals surface area contributed by atoms with Crippen LogP contribution in [0.1, 0.15) is 10.5 Å². The molecule has 0 fully saturated rings. The molecule has 0 atom stereocenters. The Bertz CT molecular complexity index is 522. The number of aromatic carboxylic acids is 1. The first-order valence-corrected chi connectivity index (χ1v) is 4.54. The molecular weight excluding hydrogens is 214 g/mol. The van der Waals surface area contributed by atoms with Crippen LogP contribution in [0.5, 0.6) is 5.88 Å².